The van der Waals surface area contributed by atoms with Crippen LogP contribution in [0.3, 0.4) is 0 Å². The normalized spacial score (nSPS) is 19.6. The summed E-state index contributed by atoms with van der Waals surface area (Å²) in [7, 11) is 2.06. The fourth-order valence-electron chi connectivity index (χ4n) is 5.38. The van der Waals surface area contributed by atoms with E-state index in [0.717, 1.165) is 24.9 Å². The first-order chi connectivity index (χ1) is 17.9. The van der Waals surface area contributed by atoms with E-state index >= 15 is 0 Å². The largest absolute Gasteiger partial charge is 0.506 e. The summed E-state index contributed by atoms with van der Waals surface area (Å²) in [6, 6.07) is 6.77. The number of aromatic hydroxyl groups is 1. The number of hydrogen-bond donors (Lipinski definition) is 2. The predicted octanol–water partition coefficient (Wildman–Crippen LogP) is 2.64. The highest BCUT2D eigenvalue weighted by Gasteiger charge is 2.34. The number of carbonyl (C=O) groups excluding carboxylic acids is 1. The molecule has 1 aromatic heterocycles. The topological polar surface area (TPSA) is 105 Å². The van der Waals surface area contributed by atoms with Gasteiger partial charge < -0.3 is 29.9 Å². The van der Waals surface area contributed by atoms with Gasteiger partial charge in [-0.25, -0.2) is 9.37 Å². The number of phenols is 1. The maximum Gasteiger partial charge on any atom is 0.246 e. The summed E-state index contributed by atoms with van der Waals surface area (Å²) >= 11 is 0. The highest BCUT2D eigenvalue weighted by Crippen LogP contribution is 2.38. The number of likely N-dealkylation sites (tertiary alicyclic amines) is 2. The zero-order valence-corrected chi connectivity index (χ0v) is 20.9. The second-order valence-electron chi connectivity index (χ2n) is 9.86. The minimum absolute atomic E-state index is 0.0232. The van der Waals surface area contributed by atoms with Crippen LogP contribution in [-0.2, 0) is 17.8 Å². The number of aromatic nitrogens is 1. The molecule has 2 N–H and O–H groups in total. The van der Waals surface area contributed by atoms with Gasteiger partial charge >= 0.3 is 0 Å². The Morgan fingerprint density at radius 3 is 2.89 bits per heavy atom. The molecule has 9 nitrogen and oxygen atoms in total. The van der Waals surface area contributed by atoms with Gasteiger partial charge in [0.2, 0.25) is 11.8 Å². The van der Waals surface area contributed by atoms with Crippen molar-refractivity contribution >= 4 is 17.3 Å². The highest BCUT2D eigenvalue weighted by molar-refractivity contribution is 5.88. The molecule has 194 valence electrons. The Labute approximate surface area is 215 Å². The van der Waals surface area contributed by atoms with Gasteiger partial charge in [-0.3, -0.25) is 4.79 Å². The minimum atomic E-state index is -0.502. The van der Waals surface area contributed by atoms with Gasteiger partial charge in [0.1, 0.15) is 35.5 Å². The Kier molecular flexibility index (Phi) is 6.89. The van der Waals surface area contributed by atoms with Crippen molar-refractivity contribution in [3.05, 3.63) is 53.5 Å². The van der Waals surface area contributed by atoms with Gasteiger partial charge in [-0.1, -0.05) is 12.6 Å². The molecule has 0 aliphatic carbocycles. The second kappa shape index (κ2) is 10.3. The number of para-hydroxylation sites is 1. The maximum absolute atomic E-state index is 14.6. The van der Waals surface area contributed by atoms with Crippen molar-refractivity contribution in [3.8, 4) is 17.7 Å². The number of nitriles is 1. The quantitative estimate of drug-likeness (QED) is 0.553. The molecule has 1 unspecified atom stereocenters. The van der Waals surface area contributed by atoms with Crippen molar-refractivity contribution in [3.63, 3.8) is 0 Å². The summed E-state index contributed by atoms with van der Waals surface area (Å²) in [5.74, 6) is -0.502. The first-order valence-corrected chi connectivity index (χ1v) is 12.6. The number of rotatable bonds is 7. The third-order valence-corrected chi connectivity index (χ3v) is 7.52. The summed E-state index contributed by atoms with van der Waals surface area (Å²) in [6.07, 6.45) is 3.91. The predicted molar refractivity (Wildman–Crippen MR) is 137 cm³/mol. The molecule has 0 spiro atoms. The first-order valence-electron chi connectivity index (χ1n) is 12.6. The lowest BCUT2D eigenvalue weighted by Gasteiger charge is -2.40. The lowest BCUT2D eigenvalue weighted by Crippen LogP contribution is -2.56. The molecule has 10 heteroatoms. The number of fused-ring (bicyclic) bond motifs is 1. The van der Waals surface area contributed by atoms with E-state index in [2.05, 4.69) is 29.9 Å². The van der Waals surface area contributed by atoms with Crippen molar-refractivity contribution in [1.29, 1.82) is 5.26 Å². The van der Waals surface area contributed by atoms with Crippen LogP contribution in [0.15, 0.2) is 30.9 Å². The molecule has 0 bridgehead atoms. The number of benzene rings is 1. The van der Waals surface area contributed by atoms with E-state index < -0.39 is 5.82 Å². The molecular weight excluding hydrogens is 475 g/mol. The van der Waals surface area contributed by atoms with Crippen LogP contribution in [0.1, 0.15) is 29.7 Å². The number of pyridine rings is 1. The van der Waals surface area contributed by atoms with E-state index in [1.807, 2.05) is 0 Å². The highest BCUT2D eigenvalue weighted by atomic mass is 19.1. The molecule has 1 aromatic carbocycles. The fourth-order valence-corrected chi connectivity index (χ4v) is 5.38. The van der Waals surface area contributed by atoms with Crippen LogP contribution in [0, 0.1) is 17.1 Å². The summed E-state index contributed by atoms with van der Waals surface area (Å²) < 4.78 is 20.8. The molecule has 4 heterocycles. The molecule has 2 fully saturated rings. The number of phenolic OH excluding ortho intramolecular Hbond substituents is 1. The molecule has 2 saturated heterocycles. The van der Waals surface area contributed by atoms with Gasteiger partial charge in [0, 0.05) is 31.2 Å². The van der Waals surface area contributed by atoms with Crippen molar-refractivity contribution in [1.82, 2.24) is 14.8 Å². The van der Waals surface area contributed by atoms with E-state index in [0.29, 0.717) is 49.6 Å². The van der Waals surface area contributed by atoms with E-state index in [-0.39, 0.29) is 41.9 Å². The number of anilines is 2. The standard InChI is InChI=1S/C27H31FN6O3/c1-3-24(36)34-13-17(14-34)30-25-19-9-11-33(26-21(28)7-4-8-23(26)35)15-22(19)31-27(20(25)12-29)37-16-18-6-5-10-32(18)2/h3-4,7-8,17-18,35H,1,5-6,9-11,13-16H2,2H3,(H,30,31). The Balaban J connectivity index is 1.46. The van der Waals surface area contributed by atoms with Crippen LogP contribution in [0.2, 0.25) is 0 Å². The van der Waals surface area contributed by atoms with Crippen molar-refractivity contribution < 1.29 is 19.0 Å². The first kappa shape index (κ1) is 24.8. The van der Waals surface area contributed by atoms with Gasteiger partial charge in [-0.05, 0) is 51.1 Å². The third kappa shape index (κ3) is 4.79. The summed E-state index contributed by atoms with van der Waals surface area (Å²) in [4.78, 5) is 22.3. The van der Waals surface area contributed by atoms with E-state index in [9.17, 15) is 19.6 Å². The fraction of sp³-hybridized carbons (Fsp3) is 0.444. The van der Waals surface area contributed by atoms with Crippen molar-refractivity contribution in [2.45, 2.75) is 37.9 Å². The Hall–Kier alpha value is -3.84. The van der Waals surface area contributed by atoms with Gasteiger partial charge in [0.05, 0.1) is 24.0 Å². The Morgan fingerprint density at radius 1 is 1.41 bits per heavy atom. The molecule has 5 rings (SSSR count). The average Bonchev–Trinajstić information content (AvgIpc) is 3.28. The number of amides is 1. The monoisotopic (exact) mass is 506 g/mol. The lowest BCUT2D eigenvalue weighted by atomic mass is 9.97. The van der Waals surface area contributed by atoms with Crippen LogP contribution in [-0.4, -0.2) is 77.7 Å². The number of nitrogens with one attached hydrogen (secondary N) is 1. The molecule has 0 saturated carbocycles. The SMILES string of the molecule is C=CC(=O)N1CC(Nc2c(C#N)c(OCC3CCCN3C)nc3c2CCN(c2c(O)cccc2F)C3)C1. The van der Waals surface area contributed by atoms with Crippen LogP contribution < -0.4 is 15.0 Å². The molecule has 1 atom stereocenters. The lowest BCUT2D eigenvalue weighted by molar-refractivity contribution is -0.129. The molecule has 2 aromatic rings. The van der Waals surface area contributed by atoms with E-state index in [1.54, 1.807) is 9.80 Å². The molecular formula is C27H31FN6O3. The zero-order valence-electron chi connectivity index (χ0n) is 20.9. The number of carbonyl (C=O) groups is 1. The number of hydrogen-bond acceptors (Lipinski definition) is 8. The number of nitrogens with zero attached hydrogens (tertiary/aromatic N) is 5. The minimum Gasteiger partial charge on any atom is -0.506 e. The molecule has 3 aliphatic heterocycles. The van der Waals surface area contributed by atoms with Gasteiger partial charge in [0.15, 0.2) is 0 Å². The Bertz CT molecular complexity index is 1240. The zero-order chi connectivity index (χ0) is 26.1. The molecule has 0 radical (unpaired) electrons. The number of ether oxygens (including phenoxy) is 1. The average molecular weight is 507 g/mol. The van der Waals surface area contributed by atoms with Gasteiger partial charge in [0.25, 0.3) is 0 Å². The smallest absolute Gasteiger partial charge is 0.246 e. The number of halogens is 1. The summed E-state index contributed by atoms with van der Waals surface area (Å²) in [5, 5.41) is 23.9. The summed E-state index contributed by atoms with van der Waals surface area (Å²) in [5.41, 5.74) is 2.69. The van der Waals surface area contributed by atoms with Crippen LogP contribution in [0.5, 0.6) is 11.6 Å². The van der Waals surface area contributed by atoms with E-state index in [4.69, 9.17) is 9.72 Å². The van der Waals surface area contributed by atoms with Crippen LogP contribution >= 0.6 is 0 Å². The second-order valence-corrected chi connectivity index (χ2v) is 9.86. The van der Waals surface area contributed by atoms with Gasteiger partial charge in [-0.15, -0.1) is 0 Å². The van der Waals surface area contributed by atoms with E-state index in [1.165, 1.54) is 24.3 Å². The van der Waals surface area contributed by atoms with Crippen LogP contribution in [0.4, 0.5) is 15.8 Å². The molecule has 3 aliphatic rings. The van der Waals surface area contributed by atoms with Crippen molar-refractivity contribution in [2.24, 2.45) is 0 Å². The summed E-state index contributed by atoms with van der Waals surface area (Å²) in [6.45, 7) is 6.68. The number of likely N-dealkylation sites (N-methyl/N-ethyl adjacent to an activating group) is 1. The molecule has 37 heavy (non-hydrogen) atoms. The van der Waals surface area contributed by atoms with Gasteiger partial charge in [-0.2, -0.15) is 5.26 Å². The van der Waals surface area contributed by atoms with Crippen molar-refractivity contribution in [2.75, 3.05) is 50.1 Å². The molecule has 1 amide bonds. The Morgan fingerprint density at radius 2 is 2.22 bits per heavy atom. The maximum atomic E-state index is 14.6. The third-order valence-electron chi connectivity index (χ3n) is 7.52. The van der Waals surface area contributed by atoms with Crippen LogP contribution in [0.25, 0.3) is 0 Å².